The lowest BCUT2D eigenvalue weighted by Gasteiger charge is -2.41. The predicted molar refractivity (Wildman–Crippen MR) is 60.1 cm³/mol. The number of carbonyl (C=O) groups excluding carboxylic acids is 1. The van der Waals surface area contributed by atoms with Crippen molar-refractivity contribution in [2.75, 3.05) is 11.4 Å². The molecule has 2 heteroatoms. The fourth-order valence-electron chi connectivity index (χ4n) is 2.80. The van der Waals surface area contributed by atoms with Gasteiger partial charge in [0.1, 0.15) is 5.78 Å². The van der Waals surface area contributed by atoms with Gasteiger partial charge in [-0.3, -0.25) is 4.79 Å². The molecule has 0 aliphatic carbocycles. The fraction of sp³-hybridized carbons (Fsp3) is 0.462. The zero-order chi connectivity index (χ0) is 10.3. The van der Waals surface area contributed by atoms with Crippen molar-refractivity contribution in [3.8, 4) is 0 Å². The van der Waals surface area contributed by atoms with Crippen molar-refractivity contribution in [1.29, 1.82) is 0 Å². The van der Waals surface area contributed by atoms with Crippen molar-refractivity contribution in [3.05, 3.63) is 29.8 Å². The van der Waals surface area contributed by atoms with E-state index in [2.05, 4.69) is 29.2 Å². The Bertz CT molecular complexity index is 399. The molecular formula is C13H15NO. The summed E-state index contributed by atoms with van der Waals surface area (Å²) in [6.45, 7) is 0.917. The van der Waals surface area contributed by atoms with Gasteiger partial charge in [-0.05, 0) is 24.5 Å². The number of nitrogens with zero attached hydrogens (tertiary/aromatic N) is 1. The number of anilines is 1. The van der Waals surface area contributed by atoms with Crippen LogP contribution in [0.3, 0.4) is 0 Å². The van der Waals surface area contributed by atoms with E-state index in [1.807, 2.05) is 0 Å². The molecular weight excluding hydrogens is 186 g/mol. The summed E-state index contributed by atoms with van der Waals surface area (Å²) in [6.07, 6.45) is 3.76. The van der Waals surface area contributed by atoms with Crippen LogP contribution in [0, 0.1) is 0 Å². The maximum absolute atomic E-state index is 11.4. The zero-order valence-electron chi connectivity index (χ0n) is 8.78. The molecule has 3 rings (SSSR count). The van der Waals surface area contributed by atoms with Crippen molar-refractivity contribution in [2.45, 2.75) is 31.7 Å². The van der Waals surface area contributed by atoms with Crippen molar-refractivity contribution < 1.29 is 4.79 Å². The Labute approximate surface area is 89.9 Å². The standard InChI is InChI=1S/C13H15NO/c15-12-7-8-14-11(9-12)6-5-10-3-1-2-4-13(10)14/h1-4,11H,5-9H2/t11-/m0/s1. The van der Waals surface area contributed by atoms with E-state index in [4.69, 9.17) is 0 Å². The maximum atomic E-state index is 11.4. The van der Waals surface area contributed by atoms with Crippen LogP contribution in [0.15, 0.2) is 24.3 Å². The van der Waals surface area contributed by atoms with Crippen molar-refractivity contribution >= 4 is 11.5 Å². The molecule has 0 spiro atoms. The molecule has 0 bridgehead atoms. The van der Waals surface area contributed by atoms with Crippen LogP contribution in [-0.2, 0) is 11.2 Å². The first-order valence-corrected chi connectivity index (χ1v) is 5.71. The zero-order valence-corrected chi connectivity index (χ0v) is 8.78. The number of rotatable bonds is 0. The third-order valence-corrected chi connectivity index (χ3v) is 3.58. The third kappa shape index (κ3) is 1.44. The first kappa shape index (κ1) is 8.96. The Hall–Kier alpha value is -1.31. The summed E-state index contributed by atoms with van der Waals surface area (Å²) in [5, 5.41) is 0. The number of benzene rings is 1. The first-order chi connectivity index (χ1) is 7.34. The van der Waals surface area contributed by atoms with Crippen LogP contribution in [0.2, 0.25) is 0 Å². The molecule has 0 saturated carbocycles. The number of ketones is 1. The molecule has 2 aliphatic heterocycles. The van der Waals surface area contributed by atoms with Crippen LogP contribution < -0.4 is 4.90 Å². The second-order valence-corrected chi connectivity index (χ2v) is 4.51. The molecule has 2 heterocycles. The molecule has 2 nitrogen and oxygen atoms in total. The molecule has 1 saturated heterocycles. The number of hydrogen-bond acceptors (Lipinski definition) is 2. The van der Waals surface area contributed by atoms with Gasteiger partial charge in [0.25, 0.3) is 0 Å². The Balaban J connectivity index is 1.97. The average Bonchev–Trinajstić information content (AvgIpc) is 2.28. The number of hydrogen-bond donors (Lipinski definition) is 0. The van der Waals surface area contributed by atoms with Gasteiger partial charge in [0, 0.05) is 31.1 Å². The van der Waals surface area contributed by atoms with Crippen molar-refractivity contribution in [3.63, 3.8) is 0 Å². The average molecular weight is 201 g/mol. The minimum absolute atomic E-state index is 0.440. The number of carbonyl (C=O) groups is 1. The summed E-state index contributed by atoms with van der Waals surface area (Å²) in [7, 11) is 0. The van der Waals surface area contributed by atoms with Gasteiger partial charge < -0.3 is 4.90 Å². The minimum Gasteiger partial charge on any atom is -0.367 e. The monoisotopic (exact) mass is 201 g/mol. The molecule has 1 atom stereocenters. The Kier molecular flexibility index (Phi) is 2.01. The van der Waals surface area contributed by atoms with Gasteiger partial charge >= 0.3 is 0 Å². The predicted octanol–water partition coefficient (Wildman–Crippen LogP) is 2.17. The highest BCUT2D eigenvalue weighted by Crippen LogP contribution is 2.33. The highest BCUT2D eigenvalue weighted by molar-refractivity contribution is 5.82. The summed E-state index contributed by atoms with van der Waals surface area (Å²) in [5.41, 5.74) is 2.81. The molecule has 0 radical (unpaired) electrons. The fourth-order valence-corrected chi connectivity index (χ4v) is 2.80. The van der Waals surface area contributed by atoms with Crippen LogP contribution in [0.4, 0.5) is 5.69 Å². The van der Waals surface area contributed by atoms with Crippen LogP contribution in [0.5, 0.6) is 0 Å². The second-order valence-electron chi connectivity index (χ2n) is 4.51. The molecule has 0 unspecified atom stereocenters. The van der Waals surface area contributed by atoms with Gasteiger partial charge in [-0.2, -0.15) is 0 Å². The SMILES string of the molecule is O=C1CCN2c3ccccc3CC[C@H]2C1. The van der Waals surface area contributed by atoms with Crippen LogP contribution in [-0.4, -0.2) is 18.4 Å². The topological polar surface area (TPSA) is 20.3 Å². The molecule has 2 aliphatic rings. The van der Waals surface area contributed by atoms with E-state index in [0.717, 1.165) is 32.2 Å². The summed E-state index contributed by atoms with van der Waals surface area (Å²) in [4.78, 5) is 13.8. The van der Waals surface area contributed by atoms with Gasteiger partial charge in [0.2, 0.25) is 0 Å². The Morgan fingerprint density at radius 1 is 1.20 bits per heavy atom. The first-order valence-electron chi connectivity index (χ1n) is 5.71. The molecule has 78 valence electrons. The number of piperidine rings is 1. The smallest absolute Gasteiger partial charge is 0.136 e. The molecule has 0 amide bonds. The summed E-state index contributed by atoms with van der Waals surface area (Å²) >= 11 is 0. The minimum atomic E-state index is 0.440. The second kappa shape index (κ2) is 3.37. The van der Waals surface area contributed by atoms with Gasteiger partial charge in [0.05, 0.1) is 0 Å². The highest BCUT2D eigenvalue weighted by atomic mass is 16.1. The summed E-state index contributed by atoms with van der Waals surface area (Å²) in [6, 6.07) is 9.08. The van der Waals surface area contributed by atoms with Crippen LogP contribution in [0.25, 0.3) is 0 Å². The molecule has 0 N–H and O–H groups in total. The van der Waals surface area contributed by atoms with E-state index >= 15 is 0 Å². The normalized spacial score (nSPS) is 24.7. The number of Topliss-reactive ketones (excluding diaryl/α,β-unsaturated/α-hetero) is 1. The van der Waals surface area contributed by atoms with E-state index in [1.54, 1.807) is 0 Å². The van der Waals surface area contributed by atoms with E-state index in [-0.39, 0.29) is 0 Å². The van der Waals surface area contributed by atoms with E-state index in [0.29, 0.717) is 11.8 Å². The van der Waals surface area contributed by atoms with E-state index in [9.17, 15) is 4.79 Å². The summed E-state index contributed by atoms with van der Waals surface area (Å²) in [5.74, 6) is 0.440. The van der Waals surface area contributed by atoms with Crippen molar-refractivity contribution in [1.82, 2.24) is 0 Å². The number of para-hydroxylation sites is 1. The summed E-state index contributed by atoms with van der Waals surface area (Å²) < 4.78 is 0. The van der Waals surface area contributed by atoms with E-state index in [1.165, 1.54) is 11.3 Å². The van der Waals surface area contributed by atoms with E-state index < -0.39 is 0 Å². The van der Waals surface area contributed by atoms with Crippen LogP contribution in [0.1, 0.15) is 24.8 Å². The highest BCUT2D eigenvalue weighted by Gasteiger charge is 2.31. The molecule has 0 aromatic heterocycles. The van der Waals surface area contributed by atoms with Gasteiger partial charge in [0.15, 0.2) is 0 Å². The van der Waals surface area contributed by atoms with Crippen LogP contribution >= 0.6 is 0 Å². The Morgan fingerprint density at radius 2 is 2.07 bits per heavy atom. The lowest BCUT2D eigenvalue weighted by Crippen LogP contribution is -2.45. The quantitative estimate of drug-likeness (QED) is 0.641. The molecule has 1 fully saturated rings. The molecule has 1 aromatic rings. The molecule has 15 heavy (non-hydrogen) atoms. The van der Waals surface area contributed by atoms with Gasteiger partial charge in [-0.15, -0.1) is 0 Å². The third-order valence-electron chi connectivity index (χ3n) is 3.58. The number of aryl methyl sites for hydroxylation is 1. The van der Waals surface area contributed by atoms with Gasteiger partial charge in [-0.1, -0.05) is 18.2 Å². The largest absolute Gasteiger partial charge is 0.367 e. The van der Waals surface area contributed by atoms with Crippen molar-refractivity contribution in [2.24, 2.45) is 0 Å². The lowest BCUT2D eigenvalue weighted by atomic mass is 9.89. The maximum Gasteiger partial charge on any atom is 0.136 e. The molecule has 1 aromatic carbocycles. The lowest BCUT2D eigenvalue weighted by molar-refractivity contribution is -0.120. The van der Waals surface area contributed by atoms with Gasteiger partial charge in [-0.25, -0.2) is 0 Å². The Morgan fingerprint density at radius 3 is 3.00 bits per heavy atom. The number of fused-ring (bicyclic) bond motifs is 3.